The second-order valence-corrected chi connectivity index (χ2v) is 11.3. The highest BCUT2D eigenvalue weighted by atomic mass is 31.1. The van der Waals surface area contributed by atoms with Crippen LogP contribution in [-0.2, 0) is 5.41 Å². The van der Waals surface area contributed by atoms with Gasteiger partial charge in [-0.25, -0.2) is 0 Å². The normalized spacial score (nSPS) is 21.4. The number of ether oxygens (including phenoxy) is 1. The Hall–Kier alpha value is -2.20. The van der Waals surface area contributed by atoms with E-state index in [1.54, 1.807) is 0 Å². The zero-order valence-corrected chi connectivity index (χ0v) is 19.4. The fraction of sp³-hybridized carbons (Fsp3) is 0.185. The fourth-order valence-electron chi connectivity index (χ4n) is 4.71. The summed E-state index contributed by atoms with van der Waals surface area (Å²) < 4.78 is 6.81. The molecule has 2 aliphatic rings. The summed E-state index contributed by atoms with van der Waals surface area (Å²) in [4.78, 5) is 0. The molecule has 30 heavy (non-hydrogen) atoms. The van der Waals surface area contributed by atoms with Gasteiger partial charge in [0.1, 0.15) is 11.9 Å². The Morgan fingerprint density at radius 2 is 1.47 bits per heavy atom. The Labute approximate surface area is 182 Å². The minimum Gasteiger partial charge on any atom is -0.484 e. The second-order valence-electron chi connectivity index (χ2n) is 8.49. The van der Waals surface area contributed by atoms with Gasteiger partial charge >= 0.3 is 0 Å². The number of rotatable bonds is 3. The summed E-state index contributed by atoms with van der Waals surface area (Å²) in [7, 11) is 2.19. The molecular formula is C27H26OP2. The maximum absolute atomic E-state index is 6.81. The molecule has 0 spiro atoms. The first kappa shape index (κ1) is 19.7. The van der Waals surface area contributed by atoms with E-state index in [1.807, 2.05) is 0 Å². The van der Waals surface area contributed by atoms with Crippen LogP contribution in [0.2, 0.25) is 0 Å². The van der Waals surface area contributed by atoms with E-state index in [0.29, 0.717) is 5.92 Å². The third-order valence-electron chi connectivity index (χ3n) is 6.31. The number of fused-ring (bicyclic) bond motifs is 2. The van der Waals surface area contributed by atoms with Gasteiger partial charge in [0.15, 0.2) is 0 Å². The van der Waals surface area contributed by atoms with Crippen LogP contribution >= 0.6 is 17.2 Å². The lowest BCUT2D eigenvalue weighted by molar-refractivity contribution is 0.121. The van der Waals surface area contributed by atoms with Crippen molar-refractivity contribution in [1.82, 2.24) is 0 Å². The van der Waals surface area contributed by atoms with Crippen molar-refractivity contribution >= 4 is 33.1 Å². The van der Waals surface area contributed by atoms with Crippen LogP contribution in [0.25, 0.3) is 0 Å². The van der Waals surface area contributed by atoms with Gasteiger partial charge in [0, 0.05) is 27.5 Å². The Kier molecular flexibility index (Phi) is 5.14. The monoisotopic (exact) mass is 428 g/mol. The molecule has 0 N–H and O–H groups in total. The molecule has 3 atom stereocenters. The van der Waals surface area contributed by atoms with Crippen LogP contribution in [0.1, 0.15) is 19.4 Å². The van der Waals surface area contributed by atoms with E-state index in [9.17, 15) is 0 Å². The molecule has 0 saturated heterocycles. The molecule has 1 aliphatic heterocycles. The second kappa shape index (κ2) is 7.81. The molecule has 0 fully saturated rings. The van der Waals surface area contributed by atoms with Crippen molar-refractivity contribution in [2.24, 2.45) is 5.92 Å². The fourth-order valence-corrected chi connectivity index (χ4v) is 7.58. The van der Waals surface area contributed by atoms with Crippen LogP contribution in [0, 0.1) is 5.92 Å². The molecule has 1 aliphatic carbocycles. The van der Waals surface area contributed by atoms with Crippen LogP contribution < -0.4 is 20.7 Å². The number of allylic oxidation sites excluding steroid dienone is 2. The zero-order chi connectivity index (χ0) is 20.7. The average Bonchev–Trinajstić information content (AvgIpc) is 2.77. The molecule has 3 aromatic carbocycles. The number of hydrogen-bond donors (Lipinski definition) is 0. The summed E-state index contributed by atoms with van der Waals surface area (Å²) >= 11 is 0. The van der Waals surface area contributed by atoms with Crippen LogP contribution in [0.3, 0.4) is 0 Å². The van der Waals surface area contributed by atoms with E-state index in [0.717, 1.165) is 11.1 Å². The first-order chi connectivity index (χ1) is 14.6. The third-order valence-corrected chi connectivity index (χ3v) is 9.31. The van der Waals surface area contributed by atoms with Crippen LogP contribution in [0.5, 0.6) is 5.75 Å². The molecule has 1 heterocycles. The summed E-state index contributed by atoms with van der Waals surface area (Å²) in [6.07, 6.45) is 6.93. The van der Waals surface area contributed by atoms with E-state index in [4.69, 9.17) is 4.74 Å². The minimum atomic E-state index is -0.675. The summed E-state index contributed by atoms with van der Waals surface area (Å²) in [6, 6.07) is 28.3. The number of benzene rings is 3. The van der Waals surface area contributed by atoms with Gasteiger partial charge in [-0.05, 0) is 18.5 Å². The molecule has 5 rings (SSSR count). The molecular weight excluding hydrogens is 402 g/mol. The van der Waals surface area contributed by atoms with Gasteiger partial charge in [-0.3, -0.25) is 0 Å². The Balaban J connectivity index is 1.66. The van der Waals surface area contributed by atoms with Crippen LogP contribution in [-0.4, -0.2) is 6.10 Å². The van der Waals surface area contributed by atoms with E-state index in [1.165, 1.54) is 21.5 Å². The van der Waals surface area contributed by atoms with Crippen molar-refractivity contribution in [3.05, 3.63) is 108 Å². The largest absolute Gasteiger partial charge is 0.484 e. The van der Waals surface area contributed by atoms with E-state index in [2.05, 4.69) is 120 Å². The Morgan fingerprint density at radius 1 is 0.833 bits per heavy atom. The van der Waals surface area contributed by atoms with Gasteiger partial charge in [-0.15, -0.1) is 9.24 Å². The Morgan fingerprint density at radius 3 is 2.10 bits per heavy atom. The van der Waals surface area contributed by atoms with Crippen LogP contribution in [0.4, 0.5) is 0 Å². The standard InChI is InChI=1S/C27H26OP2/c1-27(2)21-15-9-17-23(29)25(21)28-26-22(27)16-10-18-24(26)30(19-11-5-3-6-12-19)20-13-7-4-8-14-20/h3-18,22,26H,29H2,1-2H3. The molecule has 0 amide bonds. The molecule has 3 aromatic rings. The third kappa shape index (κ3) is 3.26. The zero-order valence-electron chi connectivity index (χ0n) is 17.3. The van der Waals surface area contributed by atoms with Gasteiger partial charge in [-0.2, -0.15) is 0 Å². The van der Waals surface area contributed by atoms with Crippen molar-refractivity contribution in [2.75, 3.05) is 0 Å². The molecule has 0 bridgehead atoms. The van der Waals surface area contributed by atoms with E-state index < -0.39 is 7.92 Å². The highest BCUT2D eigenvalue weighted by Gasteiger charge is 2.47. The van der Waals surface area contributed by atoms with Crippen molar-refractivity contribution in [3.63, 3.8) is 0 Å². The van der Waals surface area contributed by atoms with Crippen molar-refractivity contribution in [3.8, 4) is 5.75 Å². The maximum Gasteiger partial charge on any atom is 0.132 e. The van der Waals surface area contributed by atoms with Crippen molar-refractivity contribution in [1.29, 1.82) is 0 Å². The quantitative estimate of drug-likeness (QED) is 0.506. The van der Waals surface area contributed by atoms with Gasteiger partial charge in [0.25, 0.3) is 0 Å². The molecule has 3 unspecified atom stereocenters. The van der Waals surface area contributed by atoms with Gasteiger partial charge in [0.2, 0.25) is 0 Å². The molecule has 0 radical (unpaired) electrons. The summed E-state index contributed by atoms with van der Waals surface area (Å²) in [5, 5.41) is 5.26. The molecule has 1 nitrogen and oxygen atoms in total. The number of hydrogen-bond acceptors (Lipinski definition) is 1. The highest BCUT2D eigenvalue weighted by molar-refractivity contribution is 7.76. The van der Waals surface area contributed by atoms with E-state index in [-0.39, 0.29) is 11.5 Å². The molecule has 150 valence electrons. The predicted molar refractivity (Wildman–Crippen MR) is 133 cm³/mol. The van der Waals surface area contributed by atoms with Gasteiger partial charge in [0.05, 0.1) is 0 Å². The summed E-state index contributed by atoms with van der Waals surface area (Å²) in [5.41, 5.74) is 1.29. The average molecular weight is 428 g/mol. The molecule has 0 aromatic heterocycles. The van der Waals surface area contributed by atoms with Gasteiger partial charge in [-0.1, -0.05) is 111 Å². The number of para-hydroxylation sites is 1. The smallest absolute Gasteiger partial charge is 0.132 e. The molecule has 3 heteroatoms. The minimum absolute atomic E-state index is 0.00474. The lowest BCUT2D eigenvalue weighted by Gasteiger charge is -2.47. The maximum atomic E-state index is 6.81. The van der Waals surface area contributed by atoms with Gasteiger partial charge < -0.3 is 4.74 Å². The summed E-state index contributed by atoms with van der Waals surface area (Å²) in [6.45, 7) is 4.72. The predicted octanol–water partition coefficient (Wildman–Crippen LogP) is 5.43. The topological polar surface area (TPSA) is 9.23 Å². The van der Waals surface area contributed by atoms with Crippen molar-refractivity contribution < 1.29 is 4.74 Å². The first-order valence-corrected chi connectivity index (χ1v) is 12.3. The lowest BCUT2D eigenvalue weighted by Crippen LogP contribution is -2.47. The summed E-state index contributed by atoms with van der Waals surface area (Å²) in [5.74, 6) is 1.33. The van der Waals surface area contributed by atoms with E-state index >= 15 is 0 Å². The van der Waals surface area contributed by atoms with Crippen LogP contribution in [0.15, 0.2) is 102 Å². The molecule has 0 saturated carbocycles. The highest BCUT2D eigenvalue weighted by Crippen LogP contribution is 2.54. The first-order valence-electron chi connectivity index (χ1n) is 10.4. The van der Waals surface area contributed by atoms with Crippen molar-refractivity contribution in [2.45, 2.75) is 25.4 Å². The Bertz CT molecular complexity index is 1080. The SMILES string of the molecule is CC1(C)c2cccc(P)c2OC2C(P(c3ccccc3)c3ccccc3)=CC=CC21. The lowest BCUT2D eigenvalue weighted by atomic mass is 9.68.